The Hall–Kier alpha value is -0.0400. The summed E-state index contributed by atoms with van der Waals surface area (Å²) in [5, 5.41) is 0. The van der Waals surface area contributed by atoms with Gasteiger partial charge in [0.2, 0.25) is 0 Å². The van der Waals surface area contributed by atoms with E-state index in [9.17, 15) is 0 Å². The summed E-state index contributed by atoms with van der Waals surface area (Å²) in [5.74, 6) is 0.830. The van der Waals surface area contributed by atoms with Crippen LogP contribution in [0.1, 0.15) is 53.4 Å². The van der Waals surface area contributed by atoms with Crippen molar-refractivity contribution < 1.29 is 0 Å². The smallest absolute Gasteiger partial charge is 0.0194 e. The van der Waals surface area contributed by atoms with Gasteiger partial charge in [0.05, 0.1) is 0 Å². The second-order valence-corrected chi connectivity index (χ2v) is 8.02. The van der Waals surface area contributed by atoms with E-state index in [2.05, 4.69) is 27.7 Å². The van der Waals surface area contributed by atoms with E-state index in [-0.39, 0.29) is 5.54 Å². The lowest BCUT2D eigenvalue weighted by Gasteiger charge is -2.76. The van der Waals surface area contributed by atoms with Crippen molar-refractivity contribution in [2.45, 2.75) is 58.9 Å². The maximum atomic E-state index is 6.69. The normalized spacial score (nSPS) is 78.6. The maximum Gasteiger partial charge on any atom is 0.0194 e. The molecule has 0 saturated heterocycles. The summed E-state index contributed by atoms with van der Waals surface area (Å²) in [6.45, 7) is 10.2. The second-order valence-electron chi connectivity index (χ2n) is 8.02. The van der Waals surface area contributed by atoms with E-state index in [1.807, 2.05) is 0 Å². The zero-order valence-electron chi connectivity index (χ0n) is 10.5. The molecule has 4 atom stereocenters. The first-order valence-electron chi connectivity index (χ1n) is 6.52. The molecule has 0 aromatic carbocycles. The highest BCUT2D eigenvalue weighted by Gasteiger charge is 2.90. The van der Waals surface area contributed by atoms with Gasteiger partial charge in [0.15, 0.2) is 0 Å². The minimum absolute atomic E-state index is 0.207. The van der Waals surface area contributed by atoms with Crippen LogP contribution in [0.3, 0.4) is 0 Å². The molecule has 84 valence electrons. The largest absolute Gasteiger partial charge is 0.325 e. The van der Waals surface area contributed by atoms with Crippen molar-refractivity contribution in [2.24, 2.45) is 33.3 Å². The van der Waals surface area contributed by atoms with Gasteiger partial charge in [-0.05, 0) is 53.3 Å². The van der Waals surface area contributed by atoms with Gasteiger partial charge in [0, 0.05) is 5.54 Å². The molecule has 1 heteroatoms. The highest BCUT2D eigenvalue weighted by molar-refractivity contribution is 5.40. The lowest BCUT2D eigenvalue weighted by atomic mass is 9.28. The van der Waals surface area contributed by atoms with Crippen LogP contribution in [0, 0.1) is 27.6 Å². The molecule has 2 N–H and O–H groups in total. The van der Waals surface area contributed by atoms with Crippen molar-refractivity contribution in [1.29, 1.82) is 0 Å². The Labute approximate surface area is 92.8 Å². The highest BCUT2D eigenvalue weighted by atomic mass is 15.0. The van der Waals surface area contributed by atoms with Crippen molar-refractivity contribution in [2.75, 3.05) is 0 Å². The molecule has 0 aromatic rings. The molecule has 5 aliphatic rings. The van der Waals surface area contributed by atoms with E-state index in [0.29, 0.717) is 21.7 Å². The van der Waals surface area contributed by atoms with Gasteiger partial charge in [-0.2, -0.15) is 0 Å². The minimum atomic E-state index is 0.207. The fraction of sp³-hybridized carbons (Fsp3) is 1.00. The molecule has 0 aromatic heterocycles. The van der Waals surface area contributed by atoms with Crippen LogP contribution in [0.2, 0.25) is 0 Å². The van der Waals surface area contributed by atoms with Gasteiger partial charge in [-0.1, -0.05) is 27.7 Å². The first-order chi connectivity index (χ1) is 6.73. The lowest BCUT2D eigenvalue weighted by Crippen LogP contribution is -2.70. The third-order valence-corrected chi connectivity index (χ3v) is 8.36. The molecule has 0 radical (unpaired) electrons. The summed E-state index contributed by atoms with van der Waals surface area (Å²) in [5.41, 5.74) is 9.16. The fourth-order valence-corrected chi connectivity index (χ4v) is 7.19. The number of nitrogens with two attached hydrogens (primary N) is 1. The molecule has 0 aliphatic heterocycles. The van der Waals surface area contributed by atoms with Crippen molar-refractivity contribution in [1.82, 2.24) is 0 Å². The Morgan fingerprint density at radius 2 is 1.20 bits per heavy atom. The molecule has 15 heavy (non-hydrogen) atoms. The van der Waals surface area contributed by atoms with E-state index < -0.39 is 0 Å². The van der Waals surface area contributed by atoms with E-state index in [1.165, 1.54) is 25.7 Å². The standard InChI is InChI=1S/C14H23N/c1-10-5-9-6-11(10,2)13(4)8-14(9,15)7-12(10,13)3/h9H,5-8,15H2,1-4H3. The molecule has 1 nitrogen and oxygen atoms in total. The Balaban J connectivity index is 2.03. The van der Waals surface area contributed by atoms with Crippen LogP contribution in [0.4, 0.5) is 0 Å². The molecule has 0 heterocycles. The van der Waals surface area contributed by atoms with E-state index in [1.54, 1.807) is 0 Å². The average Bonchev–Trinajstić information content (AvgIpc) is 2.42. The molecule has 0 spiro atoms. The zero-order chi connectivity index (χ0) is 10.9. The van der Waals surface area contributed by atoms with E-state index in [0.717, 1.165) is 5.92 Å². The van der Waals surface area contributed by atoms with Crippen molar-refractivity contribution in [3.8, 4) is 0 Å². The summed E-state index contributed by atoms with van der Waals surface area (Å²) in [7, 11) is 0. The van der Waals surface area contributed by atoms with Crippen LogP contribution in [0.25, 0.3) is 0 Å². The van der Waals surface area contributed by atoms with Gasteiger partial charge >= 0.3 is 0 Å². The monoisotopic (exact) mass is 205 g/mol. The zero-order valence-corrected chi connectivity index (χ0v) is 10.5. The Morgan fingerprint density at radius 3 is 1.60 bits per heavy atom. The third-order valence-electron chi connectivity index (χ3n) is 8.36. The fourth-order valence-electron chi connectivity index (χ4n) is 7.19. The first-order valence-corrected chi connectivity index (χ1v) is 6.52. The van der Waals surface area contributed by atoms with E-state index >= 15 is 0 Å². The van der Waals surface area contributed by atoms with Crippen LogP contribution in [-0.4, -0.2) is 5.54 Å². The molecular formula is C14H23N. The van der Waals surface area contributed by atoms with E-state index in [4.69, 9.17) is 5.73 Å². The number of hydrogen-bond donors (Lipinski definition) is 1. The molecule has 5 rings (SSSR count). The van der Waals surface area contributed by atoms with Gasteiger partial charge in [-0.15, -0.1) is 0 Å². The summed E-state index contributed by atoms with van der Waals surface area (Å²) in [6, 6.07) is 0. The van der Waals surface area contributed by atoms with Crippen molar-refractivity contribution >= 4 is 0 Å². The molecule has 5 aliphatic carbocycles. The Kier molecular flexibility index (Phi) is 1.03. The van der Waals surface area contributed by atoms with Crippen LogP contribution in [-0.2, 0) is 0 Å². The highest BCUT2D eigenvalue weighted by Crippen LogP contribution is 2.94. The third kappa shape index (κ3) is 0.488. The maximum absolute atomic E-state index is 6.69. The molecule has 0 amide bonds. The van der Waals surface area contributed by atoms with Crippen LogP contribution in [0.15, 0.2) is 0 Å². The summed E-state index contributed by atoms with van der Waals surface area (Å²) >= 11 is 0. The SMILES string of the molecule is CC12CC3CC1(C)C1(C)CC3(N)CC21C. The number of hydrogen-bond acceptors (Lipinski definition) is 1. The quantitative estimate of drug-likeness (QED) is 0.646. The molecular weight excluding hydrogens is 182 g/mol. The van der Waals surface area contributed by atoms with Crippen LogP contribution in [0.5, 0.6) is 0 Å². The minimum Gasteiger partial charge on any atom is -0.325 e. The first kappa shape index (κ1) is 9.04. The van der Waals surface area contributed by atoms with Gasteiger partial charge in [0.25, 0.3) is 0 Å². The molecule has 6 bridgehead atoms. The average molecular weight is 205 g/mol. The van der Waals surface area contributed by atoms with Crippen molar-refractivity contribution in [3.63, 3.8) is 0 Å². The van der Waals surface area contributed by atoms with Crippen molar-refractivity contribution in [3.05, 3.63) is 0 Å². The van der Waals surface area contributed by atoms with Gasteiger partial charge in [-0.25, -0.2) is 0 Å². The summed E-state index contributed by atoms with van der Waals surface area (Å²) in [4.78, 5) is 0. The van der Waals surface area contributed by atoms with Gasteiger partial charge in [0.1, 0.15) is 0 Å². The van der Waals surface area contributed by atoms with Crippen LogP contribution >= 0.6 is 0 Å². The predicted octanol–water partition coefficient (Wildman–Crippen LogP) is 2.94. The molecule has 5 saturated carbocycles. The summed E-state index contributed by atoms with van der Waals surface area (Å²) < 4.78 is 0. The topological polar surface area (TPSA) is 26.0 Å². The molecule has 5 fully saturated rings. The number of rotatable bonds is 0. The predicted molar refractivity (Wildman–Crippen MR) is 61.3 cm³/mol. The summed E-state index contributed by atoms with van der Waals surface area (Å²) in [6.07, 6.45) is 5.42. The Bertz CT molecular complexity index is 357. The van der Waals surface area contributed by atoms with Gasteiger partial charge < -0.3 is 5.73 Å². The van der Waals surface area contributed by atoms with Crippen LogP contribution < -0.4 is 5.73 Å². The lowest BCUT2D eigenvalue weighted by molar-refractivity contribution is -0.283. The Morgan fingerprint density at radius 1 is 0.800 bits per heavy atom. The second kappa shape index (κ2) is 1.72. The van der Waals surface area contributed by atoms with Gasteiger partial charge in [-0.3, -0.25) is 0 Å². The molecule has 4 unspecified atom stereocenters.